The van der Waals surface area contributed by atoms with Gasteiger partial charge in [-0.1, -0.05) is 12.1 Å². The number of piperazine rings is 1. The van der Waals surface area contributed by atoms with Crippen LogP contribution < -0.4 is 10.2 Å². The quantitative estimate of drug-likeness (QED) is 0.510. The lowest BCUT2D eigenvalue weighted by molar-refractivity contribution is 0.122. The van der Waals surface area contributed by atoms with E-state index in [-0.39, 0.29) is 0 Å². The fraction of sp³-hybridized carbons (Fsp3) is 0.409. The van der Waals surface area contributed by atoms with Crippen molar-refractivity contribution in [2.45, 2.75) is 6.54 Å². The van der Waals surface area contributed by atoms with Gasteiger partial charge in [-0.05, 0) is 11.4 Å². The number of morpholine rings is 1. The van der Waals surface area contributed by atoms with E-state index in [9.17, 15) is 0 Å². The first-order valence-corrected chi connectivity index (χ1v) is 11.7. The van der Waals surface area contributed by atoms with Crippen LogP contribution in [0.2, 0.25) is 0 Å². The molecule has 6 rings (SSSR count). The Balaban J connectivity index is 1.50. The molecule has 31 heavy (non-hydrogen) atoms. The Labute approximate surface area is 184 Å². The van der Waals surface area contributed by atoms with E-state index in [1.165, 1.54) is 5.56 Å². The second kappa shape index (κ2) is 8.16. The van der Waals surface area contributed by atoms with Gasteiger partial charge in [-0.25, -0.2) is 9.97 Å². The predicted molar refractivity (Wildman–Crippen MR) is 124 cm³/mol. The third-order valence-corrected chi connectivity index (χ3v) is 7.14. The number of H-pyrrole nitrogens is 1. The molecule has 9 heteroatoms. The summed E-state index contributed by atoms with van der Waals surface area (Å²) in [5.74, 6) is 0.797. The average Bonchev–Trinajstić information content (AvgIpc) is 3.47. The van der Waals surface area contributed by atoms with Crippen LogP contribution in [0.15, 0.2) is 29.8 Å². The third kappa shape index (κ3) is 3.57. The Morgan fingerprint density at radius 2 is 1.94 bits per heavy atom. The minimum Gasteiger partial charge on any atom is -0.378 e. The molecule has 0 spiro atoms. The van der Waals surface area contributed by atoms with Crippen LogP contribution in [0.4, 0.5) is 5.95 Å². The first-order chi connectivity index (χ1) is 15.4. The number of fused-ring (bicyclic) bond motifs is 2. The highest BCUT2D eigenvalue weighted by Crippen LogP contribution is 2.37. The van der Waals surface area contributed by atoms with E-state index in [0.717, 1.165) is 84.1 Å². The molecule has 0 bridgehead atoms. The number of benzene rings is 1. The Hall–Kier alpha value is -2.59. The zero-order chi connectivity index (χ0) is 20.6. The van der Waals surface area contributed by atoms with Crippen molar-refractivity contribution in [2.75, 3.05) is 57.4 Å². The summed E-state index contributed by atoms with van der Waals surface area (Å²) in [7, 11) is 0. The number of hydrogen-bond donors (Lipinski definition) is 2. The largest absolute Gasteiger partial charge is 0.378 e. The van der Waals surface area contributed by atoms with E-state index in [0.29, 0.717) is 13.2 Å². The molecule has 2 saturated heterocycles. The van der Waals surface area contributed by atoms with Gasteiger partial charge in [0, 0.05) is 62.3 Å². The summed E-state index contributed by atoms with van der Waals surface area (Å²) in [6.45, 7) is 8.22. The van der Waals surface area contributed by atoms with Crippen LogP contribution in [-0.2, 0) is 11.3 Å². The van der Waals surface area contributed by atoms with Crippen molar-refractivity contribution < 1.29 is 4.74 Å². The Morgan fingerprint density at radius 1 is 1.06 bits per heavy atom. The molecule has 2 aliphatic heterocycles. The molecule has 0 radical (unpaired) electrons. The van der Waals surface area contributed by atoms with Crippen molar-refractivity contribution in [1.82, 2.24) is 30.4 Å². The topological polar surface area (TPSA) is 82.2 Å². The zero-order valence-corrected chi connectivity index (χ0v) is 18.1. The van der Waals surface area contributed by atoms with Crippen LogP contribution in [-0.4, -0.2) is 77.5 Å². The first-order valence-electron chi connectivity index (χ1n) is 10.8. The number of hydrogen-bond acceptors (Lipinski definition) is 8. The highest BCUT2D eigenvalue weighted by molar-refractivity contribution is 7.17. The van der Waals surface area contributed by atoms with Crippen LogP contribution in [0.25, 0.3) is 32.4 Å². The lowest BCUT2D eigenvalue weighted by Gasteiger charge is -2.28. The first kappa shape index (κ1) is 19.1. The van der Waals surface area contributed by atoms with Crippen LogP contribution in [0.5, 0.6) is 0 Å². The van der Waals surface area contributed by atoms with E-state index in [2.05, 4.69) is 48.9 Å². The number of aromatic amines is 1. The molecular weight excluding hydrogens is 410 g/mol. The second-order valence-electron chi connectivity index (χ2n) is 8.07. The maximum atomic E-state index is 5.56. The Kier molecular flexibility index (Phi) is 5.03. The predicted octanol–water partition coefficient (Wildman–Crippen LogP) is 2.48. The summed E-state index contributed by atoms with van der Waals surface area (Å²) in [6, 6.07) is 6.25. The molecule has 8 nitrogen and oxygen atoms in total. The molecule has 0 atom stereocenters. The molecule has 2 fully saturated rings. The van der Waals surface area contributed by atoms with E-state index in [1.807, 2.05) is 6.20 Å². The lowest BCUT2D eigenvalue weighted by atomic mass is 10.1. The summed E-state index contributed by atoms with van der Waals surface area (Å²) in [5.41, 5.74) is 5.49. The summed E-state index contributed by atoms with van der Waals surface area (Å²) in [4.78, 5) is 14.9. The molecule has 0 aliphatic carbocycles. The van der Waals surface area contributed by atoms with E-state index < -0.39 is 0 Å². The fourth-order valence-corrected chi connectivity index (χ4v) is 5.44. The van der Waals surface area contributed by atoms with Gasteiger partial charge < -0.3 is 15.0 Å². The molecule has 0 unspecified atom stereocenters. The van der Waals surface area contributed by atoms with Gasteiger partial charge in [0.05, 0.1) is 40.8 Å². The monoisotopic (exact) mass is 435 g/mol. The summed E-state index contributed by atoms with van der Waals surface area (Å²) in [5, 5.41) is 14.1. The maximum Gasteiger partial charge on any atom is 0.226 e. The summed E-state index contributed by atoms with van der Waals surface area (Å²) >= 11 is 1.75. The molecule has 1 aromatic carbocycles. The Bertz CT molecular complexity index is 1210. The number of aromatic nitrogens is 4. The van der Waals surface area contributed by atoms with Crippen molar-refractivity contribution in [3.8, 4) is 11.3 Å². The SMILES string of the molecule is c1cc(-c2nc(N3CCOCC3)nc3c(CN4CCNCC4)csc23)c2cn[nH]c2c1. The number of nitrogens with zero attached hydrogens (tertiary/aromatic N) is 5. The van der Waals surface area contributed by atoms with Crippen molar-refractivity contribution in [1.29, 1.82) is 0 Å². The molecular formula is C22H25N7OS. The van der Waals surface area contributed by atoms with Gasteiger partial charge in [0.15, 0.2) is 0 Å². The van der Waals surface area contributed by atoms with Crippen molar-refractivity contribution in [3.05, 3.63) is 35.3 Å². The van der Waals surface area contributed by atoms with Crippen molar-refractivity contribution in [3.63, 3.8) is 0 Å². The van der Waals surface area contributed by atoms with Crippen molar-refractivity contribution >= 4 is 38.4 Å². The second-order valence-corrected chi connectivity index (χ2v) is 8.95. The van der Waals surface area contributed by atoms with Gasteiger partial charge >= 0.3 is 0 Å². The lowest BCUT2D eigenvalue weighted by Crippen LogP contribution is -2.42. The normalized spacial score (nSPS) is 18.3. The summed E-state index contributed by atoms with van der Waals surface area (Å²) < 4.78 is 6.71. The number of ether oxygens (including phenoxy) is 1. The molecule has 160 valence electrons. The van der Waals surface area contributed by atoms with Gasteiger partial charge in [0.1, 0.15) is 0 Å². The summed E-state index contributed by atoms with van der Waals surface area (Å²) in [6.07, 6.45) is 1.89. The average molecular weight is 436 g/mol. The third-order valence-electron chi connectivity index (χ3n) is 6.11. The molecule has 0 amide bonds. The number of thiophene rings is 1. The van der Waals surface area contributed by atoms with E-state index >= 15 is 0 Å². The highest BCUT2D eigenvalue weighted by atomic mass is 32.1. The number of nitrogens with one attached hydrogen (secondary N) is 2. The van der Waals surface area contributed by atoms with Crippen LogP contribution in [0.1, 0.15) is 5.56 Å². The van der Waals surface area contributed by atoms with Gasteiger partial charge in [-0.2, -0.15) is 5.10 Å². The van der Waals surface area contributed by atoms with Gasteiger partial charge in [-0.3, -0.25) is 10.00 Å². The molecule has 2 aliphatic rings. The van der Waals surface area contributed by atoms with Crippen LogP contribution in [0, 0.1) is 0 Å². The van der Waals surface area contributed by atoms with E-state index in [4.69, 9.17) is 14.7 Å². The number of rotatable bonds is 4. The van der Waals surface area contributed by atoms with Crippen LogP contribution >= 0.6 is 11.3 Å². The van der Waals surface area contributed by atoms with Gasteiger partial charge in [-0.15, -0.1) is 11.3 Å². The van der Waals surface area contributed by atoms with Crippen LogP contribution in [0.3, 0.4) is 0 Å². The maximum absolute atomic E-state index is 5.56. The molecule has 3 aromatic heterocycles. The van der Waals surface area contributed by atoms with Crippen molar-refractivity contribution in [2.24, 2.45) is 0 Å². The van der Waals surface area contributed by atoms with Gasteiger partial charge in [0.25, 0.3) is 0 Å². The van der Waals surface area contributed by atoms with Gasteiger partial charge in [0.2, 0.25) is 5.95 Å². The minimum atomic E-state index is 0.714. The van der Waals surface area contributed by atoms with E-state index in [1.54, 1.807) is 11.3 Å². The smallest absolute Gasteiger partial charge is 0.226 e. The number of anilines is 1. The minimum absolute atomic E-state index is 0.714. The highest BCUT2D eigenvalue weighted by Gasteiger charge is 2.22. The zero-order valence-electron chi connectivity index (χ0n) is 17.3. The Morgan fingerprint density at radius 3 is 2.81 bits per heavy atom. The molecule has 2 N–H and O–H groups in total. The fourth-order valence-electron chi connectivity index (χ4n) is 4.44. The standard InChI is InChI=1S/C22H25N7OS/c1-2-16(17-12-24-27-18(17)3-1)20-21-19(25-22(26-20)29-8-10-30-11-9-29)15(14-31-21)13-28-6-4-23-5-7-28/h1-3,12,14,23H,4-11,13H2,(H,24,27). The molecule has 4 aromatic rings. The molecule has 0 saturated carbocycles. The molecule has 5 heterocycles.